The van der Waals surface area contributed by atoms with Gasteiger partial charge in [0.1, 0.15) is 16.7 Å². The van der Waals surface area contributed by atoms with Crippen molar-refractivity contribution in [3.63, 3.8) is 0 Å². The number of hydrogen-bond acceptors (Lipinski definition) is 6. The topological polar surface area (TPSA) is 98.8 Å². The van der Waals surface area contributed by atoms with E-state index in [1.54, 1.807) is 12.1 Å². The Morgan fingerprint density at radius 3 is 2.38 bits per heavy atom. The first-order valence-electron chi connectivity index (χ1n) is 6.02. The van der Waals surface area contributed by atoms with Crippen LogP contribution in [-0.2, 0) is 24.2 Å². The Morgan fingerprint density at radius 2 is 1.86 bits per heavy atom. The minimum Gasteiger partial charge on any atom is -0.495 e. The van der Waals surface area contributed by atoms with Crippen LogP contribution in [0.2, 0.25) is 0 Å². The van der Waals surface area contributed by atoms with E-state index in [1.807, 2.05) is 0 Å². The van der Waals surface area contributed by atoms with E-state index in [9.17, 15) is 18.0 Å². The second-order valence-electron chi connectivity index (χ2n) is 4.21. The summed E-state index contributed by atoms with van der Waals surface area (Å²) in [5, 5.41) is 2.26. The summed E-state index contributed by atoms with van der Waals surface area (Å²) >= 11 is 0. The number of amides is 1. The van der Waals surface area contributed by atoms with E-state index < -0.39 is 33.5 Å². The summed E-state index contributed by atoms with van der Waals surface area (Å²) in [6.45, 7) is 1.19. The second kappa shape index (κ2) is 7.07. The molecule has 8 heteroatoms. The number of hydrogen-bond donors (Lipinski definition) is 1. The predicted molar refractivity (Wildman–Crippen MR) is 74.7 cm³/mol. The lowest BCUT2D eigenvalue weighted by Gasteiger charge is -2.16. The molecular weight excluding hydrogens is 298 g/mol. The fraction of sp³-hybridized carbons (Fsp3) is 0.385. The Kier molecular flexibility index (Phi) is 5.71. The van der Waals surface area contributed by atoms with Gasteiger partial charge in [-0.1, -0.05) is 12.1 Å². The van der Waals surface area contributed by atoms with Crippen LogP contribution >= 0.6 is 0 Å². The van der Waals surface area contributed by atoms with Crippen LogP contribution in [0.15, 0.2) is 29.2 Å². The van der Waals surface area contributed by atoms with Crippen molar-refractivity contribution in [2.45, 2.75) is 17.9 Å². The van der Waals surface area contributed by atoms with E-state index >= 15 is 0 Å². The molecule has 116 valence electrons. The first-order valence-corrected chi connectivity index (χ1v) is 7.67. The van der Waals surface area contributed by atoms with Gasteiger partial charge >= 0.3 is 5.97 Å². The largest absolute Gasteiger partial charge is 0.495 e. The van der Waals surface area contributed by atoms with E-state index in [0.29, 0.717) is 0 Å². The summed E-state index contributed by atoms with van der Waals surface area (Å²) in [7, 11) is -1.38. The Bertz CT molecular complexity index is 625. The summed E-state index contributed by atoms with van der Waals surface area (Å²) in [5.74, 6) is -1.80. The van der Waals surface area contributed by atoms with Crippen LogP contribution in [-0.4, -0.2) is 46.3 Å². The van der Waals surface area contributed by atoms with Gasteiger partial charge in [-0.05, 0) is 12.1 Å². The number of nitrogens with one attached hydrogen (secondary N) is 1. The van der Waals surface area contributed by atoms with Gasteiger partial charge in [0, 0.05) is 6.92 Å². The van der Waals surface area contributed by atoms with Gasteiger partial charge in [0.25, 0.3) is 0 Å². The highest BCUT2D eigenvalue weighted by molar-refractivity contribution is 7.91. The van der Waals surface area contributed by atoms with Crippen molar-refractivity contribution in [2.24, 2.45) is 0 Å². The van der Waals surface area contributed by atoms with Gasteiger partial charge in [0.05, 0.1) is 20.0 Å². The molecule has 0 saturated heterocycles. The molecular formula is C13H17NO6S. The van der Waals surface area contributed by atoms with Gasteiger partial charge in [0.15, 0.2) is 9.84 Å². The van der Waals surface area contributed by atoms with E-state index in [2.05, 4.69) is 10.1 Å². The lowest BCUT2D eigenvalue weighted by molar-refractivity contribution is -0.144. The quantitative estimate of drug-likeness (QED) is 0.750. The molecule has 1 aromatic rings. The van der Waals surface area contributed by atoms with Crippen LogP contribution < -0.4 is 10.1 Å². The smallest absolute Gasteiger partial charge is 0.329 e. The Balaban J connectivity index is 3.11. The van der Waals surface area contributed by atoms with E-state index in [1.165, 1.54) is 26.2 Å². The maximum atomic E-state index is 12.4. The fourth-order valence-corrected chi connectivity index (χ4v) is 3.32. The molecule has 0 fully saturated rings. The molecule has 0 aliphatic rings. The molecule has 0 aliphatic heterocycles. The molecule has 1 rings (SSSR count). The number of carbonyl (C=O) groups is 2. The first kappa shape index (κ1) is 17.0. The maximum absolute atomic E-state index is 12.4. The van der Waals surface area contributed by atoms with Gasteiger partial charge in [-0.25, -0.2) is 13.2 Å². The number of para-hydroxylation sites is 1. The Hall–Kier alpha value is -2.09. The lowest BCUT2D eigenvalue weighted by Crippen LogP contribution is -2.45. The maximum Gasteiger partial charge on any atom is 0.329 e. The Labute approximate surface area is 123 Å². The number of carbonyl (C=O) groups excluding carboxylic acids is 2. The lowest BCUT2D eigenvalue weighted by atomic mass is 10.3. The normalized spacial score (nSPS) is 12.3. The van der Waals surface area contributed by atoms with Crippen molar-refractivity contribution >= 4 is 21.7 Å². The van der Waals surface area contributed by atoms with Crippen LogP contribution in [0.4, 0.5) is 0 Å². The fourth-order valence-electron chi connectivity index (χ4n) is 1.74. The molecule has 1 amide bonds. The third kappa shape index (κ3) is 4.45. The van der Waals surface area contributed by atoms with Gasteiger partial charge in [-0.3, -0.25) is 4.79 Å². The number of ether oxygens (including phenoxy) is 2. The second-order valence-corrected chi connectivity index (χ2v) is 6.21. The summed E-state index contributed by atoms with van der Waals surface area (Å²) in [6.07, 6.45) is 0. The van der Waals surface area contributed by atoms with Gasteiger partial charge < -0.3 is 14.8 Å². The molecule has 1 N–H and O–H groups in total. The van der Waals surface area contributed by atoms with E-state index in [4.69, 9.17) is 4.74 Å². The van der Waals surface area contributed by atoms with E-state index in [0.717, 1.165) is 7.11 Å². The standard InChI is InChI=1S/C13H17NO6S/c1-9(15)14-10(13(16)20-3)8-21(17,18)12-7-5-4-6-11(12)19-2/h4-7,10H,8H2,1-3H3,(H,14,15). The highest BCUT2D eigenvalue weighted by Crippen LogP contribution is 2.24. The van der Waals surface area contributed by atoms with Crippen molar-refractivity contribution in [1.29, 1.82) is 0 Å². The molecule has 1 atom stereocenters. The van der Waals surface area contributed by atoms with Crippen molar-refractivity contribution in [3.8, 4) is 5.75 Å². The van der Waals surface area contributed by atoms with Crippen molar-refractivity contribution in [2.75, 3.05) is 20.0 Å². The number of sulfone groups is 1. The minimum absolute atomic E-state index is 0.0493. The minimum atomic E-state index is -3.84. The SMILES string of the molecule is COC(=O)C(CS(=O)(=O)c1ccccc1OC)NC(C)=O. The van der Waals surface area contributed by atoms with Crippen LogP contribution in [0.25, 0.3) is 0 Å². The van der Waals surface area contributed by atoms with Gasteiger partial charge in [-0.2, -0.15) is 0 Å². The summed E-state index contributed by atoms with van der Waals surface area (Å²) < 4.78 is 34.3. The molecule has 0 radical (unpaired) electrons. The van der Waals surface area contributed by atoms with Crippen molar-refractivity contribution in [3.05, 3.63) is 24.3 Å². The zero-order valence-corrected chi connectivity index (χ0v) is 12.8. The molecule has 1 aromatic carbocycles. The molecule has 1 unspecified atom stereocenters. The number of rotatable bonds is 6. The number of benzene rings is 1. The first-order chi connectivity index (χ1) is 9.81. The van der Waals surface area contributed by atoms with Crippen molar-refractivity contribution < 1.29 is 27.5 Å². The number of methoxy groups -OCH3 is 2. The van der Waals surface area contributed by atoms with Crippen LogP contribution in [0.1, 0.15) is 6.92 Å². The highest BCUT2D eigenvalue weighted by atomic mass is 32.2. The summed E-state index contributed by atoms with van der Waals surface area (Å²) in [5.41, 5.74) is 0. The molecule has 21 heavy (non-hydrogen) atoms. The van der Waals surface area contributed by atoms with Gasteiger partial charge in [0.2, 0.25) is 5.91 Å². The molecule has 0 aliphatic carbocycles. The molecule has 0 heterocycles. The summed E-state index contributed by atoms with van der Waals surface area (Å²) in [6, 6.07) is 4.77. The van der Waals surface area contributed by atoms with Crippen molar-refractivity contribution in [1.82, 2.24) is 5.32 Å². The van der Waals surface area contributed by atoms with Crippen LogP contribution in [0, 0.1) is 0 Å². The van der Waals surface area contributed by atoms with Crippen LogP contribution in [0.3, 0.4) is 0 Å². The number of esters is 1. The summed E-state index contributed by atoms with van der Waals surface area (Å²) in [4.78, 5) is 22.6. The molecule has 0 aromatic heterocycles. The molecule has 0 saturated carbocycles. The third-order valence-corrected chi connectivity index (χ3v) is 4.43. The van der Waals surface area contributed by atoms with Gasteiger partial charge in [-0.15, -0.1) is 0 Å². The van der Waals surface area contributed by atoms with Crippen LogP contribution in [0.5, 0.6) is 5.75 Å². The average Bonchev–Trinajstić information content (AvgIpc) is 2.44. The zero-order chi connectivity index (χ0) is 16.0. The molecule has 7 nitrogen and oxygen atoms in total. The Morgan fingerprint density at radius 1 is 1.24 bits per heavy atom. The molecule has 0 bridgehead atoms. The monoisotopic (exact) mass is 315 g/mol. The zero-order valence-electron chi connectivity index (χ0n) is 12.0. The third-order valence-electron chi connectivity index (χ3n) is 2.65. The predicted octanol–water partition coefficient (Wildman–Crippen LogP) is 0.147. The molecule has 0 spiro atoms. The van der Waals surface area contributed by atoms with E-state index in [-0.39, 0.29) is 10.6 Å². The highest BCUT2D eigenvalue weighted by Gasteiger charge is 2.29. The average molecular weight is 315 g/mol.